The van der Waals surface area contributed by atoms with Crippen molar-refractivity contribution in [3.8, 4) is 0 Å². The Bertz CT molecular complexity index is 1370. The molecule has 1 amide bonds. The lowest BCUT2D eigenvalue weighted by molar-refractivity contribution is -0.113. The molecule has 4 aromatic rings. The molecule has 2 aromatic heterocycles. The molecular formula is C21H18ClN5O3S2. The third-order valence-electron chi connectivity index (χ3n) is 5.18. The van der Waals surface area contributed by atoms with E-state index in [-0.39, 0.29) is 23.3 Å². The zero-order valence-electron chi connectivity index (χ0n) is 16.8. The number of hydrogen-bond acceptors (Lipinski definition) is 8. The fourth-order valence-corrected chi connectivity index (χ4v) is 5.18. The number of thioether (sulfide) groups is 1. The summed E-state index contributed by atoms with van der Waals surface area (Å²) >= 11 is 8.41. The summed E-state index contributed by atoms with van der Waals surface area (Å²) in [6.07, 6.45) is 1.82. The van der Waals surface area contributed by atoms with Crippen molar-refractivity contribution in [2.24, 2.45) is 0 Å². The van der Waals surface area contributed by atoms with Gasteiger partial charge in [0, 0.05) is 11.6 Å². The van der Waals surface area contributed by atoms with Crippen molar-refractivity contribution in [1.29, 1.82) is 0 Å². The predicted octanol–water partition coefficient (Wildman–Crippen LogP) is 3.96. The van der Waals surface area contributed by atoms with E-state index in [1.165, 1.54) is 11.8 Å². The maximum Gasteiger partial charge on any atom is 0.262 e. The van der Waals surface area contributed by atoms with Crippen LogP contribution in [-0.2, 0) is 16.1 Å². The van der Waals surface area contributed by atoms with Gasteiger partial charge in [0.05, 0.1) is 46.7 Å². The Labute approximate surface area is 196 Å². The Morgan fingerprint density at radius 1 is 1.28 bits per heavy atom. The molecule has 3 heterocycles. The Hall–Kier alpha value is -2.53. The molecule has 1 aliphatic heterocycles. The van der Waals surface area contributed by atoms with Crippen molar-refractivity contribution < 1.29 is 9.53 Å². The minimum atomic E-state index is -0.223. The predicted molar refractivity (Wildman–Crippen MR) is 127 cm³/mol. The van der Waals surface area contributed by atoms with Crippen LogP contribution in [0.2, 0.25) is 5.02 Å². The molecule has 11 heteroatoms. The van der Waals surface area contributed by atoms with Crippen LogP contribution in [0.4, 0.5) is 5.69 Å². The largest absolute Gasteiger partial charge is 0.376 e. The number of nitrogens with zero attached hydrogens (tertiary/aromatic N) is 4. The second kappa shape index (κ2) is 9.14. The molecule has 1 fully saturated rings. The number of aromatic nitrogens is 4. The monoisotopic (exact) mass is 487 g/mol. The molecule has 0 radical (unpaired) electrons. The molecule has 0 bridgehead atoms. The SMILES string of the molecule is O=C(CSc1nc2cc(Cl)ccc2c(=O)n1C[C@H]1CCCO1)Nc1cccc2nsnc12. The van der Waals surface area contributed by atoms with Crippen molar-refractivity contribution in [1.82, 2.24) is 18.3 Å². The first kappa shape index (κ1) is 21.3. The number of halogens is 1. The van der Waals surface area contributed by atoms with Gasteiger partial charge in [0.25, 0.3) is 5.56 Å². The van der Waals surface area contributed by atoms with Crippen molar-refractivity contribution in [3.63, 3.8) is 0 Å². The minimum absolute atomic E-state index is 0.0396. The van der Waals surface area contributed by atoms with Crippen LogP contribution < -0.4 is 10.9 Å². The van der Waals surface area contributed by atoms with Crippen molar-refractivity contribution >= 4 is 68.6 Å². The minimum Gasteiger partial charge on any atom is -0.376 e. The topological polar surface area (TPSA) is 99.0 Å². The number of hydrogen-bond donors (Lipinski definition) is 1. The Balaban J connectivity index is 1.41. The summed E-state index contributed by atoms with van der Waals surface area (Å²) in [6, 6.07) is 10.5. The summed E-state index contributed by atoms with van der Waals surface area (Å²) in [4.78, 5) is 30.5. The van der Waals surface area contributed by atoms with E-state index >= 15 is 0 Å². The van der Waals surface area contributed by atoms with Gasteiger partial charge in [-0.05, 0) is 43.2 Å². The van der Waals surface area contributed by atoms with Gasteiger partial charge in [-0.3, -0.25) is 14.2 Å². The molecule has 0 aliphatic carbocycles. The van der Waals surface area contributed by atoms with Crippen LogP contribution in [-0.4, -0.2) is 42.7 Å². The summed E-state index contributed by atoms with van der Waals surface area (Å²) in [5.41, 5.74) is 2.34. The number of amides is 1. The second-order valence-corrected chi connectivity index (χ2v) is 9.29. The van der Waals surface area contributed by atoms with E-state index in [2.05, 4.69) is 19.0 Å². The molecule has 0 unspecified atom stereocenters. The van der Waals surface area contributed by atoms with Crippen molar-refractivity contribution in [2.45, 2.75) is 30.6 Å². The molecule has 32 heavy (non-hydrogen) atoms. The number of nitrogens with one attached hydrogen (secondary N) is 1. The number of benzene rings is 2. The molecule has 2 aromatic carbocycles. The first-order chi connectivity index (χ1) is 15.6. The molecule has 1 saturated heterocycles. The van der Waals surface area contributed by atoms with E-state index in [9.17, 15) is 9.59 Å². The van der Waals surface area contributed by atoms with Gasteiger partial charge in [-0.2, -0.15) is 8.75 Å². The Kier molecular flexibility index (Phi) is 6.09. The lowest BCUT2D eigenvalue weighted by Crippen LogP contribution is -2.29. The van der Waals surface area contributed by atoms with E-state index in [1.54, 1.807) is 28.8 Å². The number of rotatable bonds is 6. The molecule has 164 valence electrons. The fourth-order valence-electron chi connectivity index (χ4n) is 3.66. The summed E-state index contributed by atoms with van der Waals surface area (Å²) in [6.45, 7) is 1.09. The zero-order valence-corrected chi connectivity index (χ0v) is 19.2. The molecule has 0 saturated carbocycles. The van der Waals surface area contributed by atoms with Crippen LogP contribution in [0.1, 0.15) is 12.8 Å². The van der Waals surface area contributed by atoms with Gasteiger partial charge in [0.15, 0.2) is 5.16 Å². The smallest absolute Gasteiger partial charge is 0.262 e. The quantitative estimate of drug-likeness (QED) is 0.324. The third kappa shape index (κ3) is 4.36. The second-order valence-electron chi connectivity index (χ2n) is 7.38. The van der Waals surface area contributed by atoms with Crippen LogP contribution in [0.3, 0.4) is 0 Å². The fraction of sp³-hybridized carbons (Fsp3) is 0.286. The van der Waals surface area contributed by atoms with Crippen molar-refractivity contribution in [2.75, 3.05) is 17.7 Å². The van der Waals surface area contributed by atoms with E-state index in [0.717, 1.165) is 30.1 Å². The van der Waals surface area contributed by atoms with Crippen LogP contribution in [0.5, 0.6) is 0 Å². The Morgan fingerprint density at radius 3 is 3.03 bits per heavy atom. The average molecular weight is 488 g/mol. The summed E-state index contributed by atoms with van der Waals surface area (Å²) in [5.74, 6) is -0.141. The maximum absolute atomic E-state index is 13.2. The molecule has 8 nitrogen and oxygen atoms in total. The number of carbonyl (C=O) groups is 1. The van der Waals surface area contributed by atoms with Crippen LogP contribution in [0.15, 0.2) is 46.3 Å². The van der Waals surface area contributed by atoms with Gasteiger partial charge in [-0.25, -0.2) is 4.98 Å². The van der Waals surface area contributed by atoms with Crippen LogP contribution in [0.25, 0.3) is 21.9 Å². The summed E-state index contributed by atoms with van der Waals surface area (Å²) in [5, 5.41) is 4.33. The standard InChI is InChI=1S/C21H18ClN5O3S2/c22-12-6-7-14-17(9-12)24-21(27(20(14)29)10-13-3-2-8-30-13)31-11-18(28)23-15-4-1-5-16-19(15)26-32-25-16/h1,4-7,9,13H,2-3,8,10-11H2,(H,23,28)/t13-/m1/s1. The first-order valence-corrected chi connectivity index (χ1v) is 12.1. The number of anilines is 1. The lowest BCUT2D eigenvalue weighted by Gasteiger charge is -2.16. The summed E-state index contributed by atoms with van der Waals surface area (Å²) in [7, 11) is 0. The number of carbonyl (C=O) groups excluding carboxylic acids is 1. The molecule has 1 aliphatic rings. The number of ether oxygens (including phenoxy) is 1. The summed E-state index contributed by atoms with van der Waals surface area (Å²) < 4.78 is 15.8. The van der Waals surface area contributed by atoms with Crippen molar-refractivity contribution in [3.05, 3.63) is 51.8 Å². The third-order valence-corrected chi connectivity index (χ3v) is 6.94. The van der Waals surface area contributed by atoms with E-state index in [1.807, 2.05) is 12.1 Å². The van der Waals surface area contributed by atoms with Gasteiger partial charge >= 0.3 is 0 Å². The highest BCUT2D eigenvalue weighted by Gasteiger charge is 2.21. The molecule has 0 spiro atoms. The van der Waals surface area contributed by atoms with E-state index in [4.69, 9.17) is 16.3 Å². The average Bonchev–Trinajstić information content (AvgIpc) is 3.47. The zero-order chi connectivity index (χ0) is 22.1. The van der Waals surface area contributed by atoms with E-state index in [0.29, 0.717) is 45.4 Å². The van der Waals surface area contributed by atoms with Crippen LogP contribution >= 0.6 is 35.1 Å². The first-order valence-electron chi connectivity index (χ1n) is 10.0. The normalized spacial score (nSPS) is 16.1. The van der Waals surface area contributed by atoms with Gasteiger partial charge in [-0.15, -0.1) is 0 Å². The van der Waals surface area contributed by atoms with Gasteiger partial charge in [-0.1, -0.05) is 29.4 Å². The maximum atomic E-state index is 13.2. The highest BCUT2D eigenvalue weighted by molar-refractivity contribution is 7.99. The lowest BCUT2D eigenvalue weighted by atomic mass is 10.2. The number of fused-ring (bicyclic) bond motifs is 2. The Morgan fingerprint density at radius 2 is 2.19 bits per heavy atom. The van der Waals surface area contributed by atoms with E-state index < -0.39 is 0 Å². The molecule has 1 N–H and O–H groups in total. The van der Waals surface area contributed by atoms with Gasteiger partial charge in [0.1, 0.15) is 11.0 Å². The molecule has 1 atom stereocenters. The highest BCUT2D eigenvalue weighted by Crippen LogP contribution is 2.24. The van der Waals surface area contributed by atoms with Gasteiger partial charge in [0.2, 0.25) is 5.91 Å². The molecule has 5 rings (SSSR count). The molecular weight excluding hydrogens is 470 g/mol. The highest BCUT2D eigenvalue weighted by atomic mass is 35.5. The van der Waals surface area contributed by atoms with Crippen LogP contribution in [0, 0.1) is 0 Å². The van der Waals surface area contributed by atoms with Gasteiger partial charge < -0.3 is 10.1 Å².